The maximum absolute atomic E-state index is 11.5. The first-order valence-corrected chi connectivity index (χ1v) is 7.51. The molecule has 0 aliphatic heterocycles. The van der Waals surface area contributed by atoms with Gasteiger partial charge in [-0.1, -0.05) is 0 Å². The van der Waals surface area contributed by atoms with E-state index < -0.39 is 13.5 Å². The second kappa shape index (κ2) is 7.88. The minimum Gasteiger partial charge on any atom is -0.463 e. The van der Waals surface area contributed by atoms with Gasteiger partial charge in [0.15, 0.2) is 0 Å². The minimum absolute atomic E-state index is 0.0415. The van der Waals surface area contributed by atoms with Crippen LogP contribution in [0.15, 0.2) is 0 Å². The molecule has 0 amide bonds. The van der Waals surface area contributed by atoms with Crippen LogP contribution >= 0.6 is 7.49 Å². The summed E-state index contributed by atoms with van der Waals surface area (Å²) in [6, 6.07) is 0. The van der Waals surface area contributed by atoms with Gasteiger partial charge in [0, 0.05) is 0 Å². The number of nitrogens with one attached hydrogen (secondary N) is 1. The highest BCUT2D eigenvalue weighted by Crippen LogP contribution is 2.46. The van der Waals surface area contributed by atoms with Crippen LogP contribution in [0.25, 0.3) is 0 Å². The lowest BCUT2D eigenvalue weighted by atomic mass is 10.5. The van der Waals surface area contributed by atoms with E-state index in [1.807, 2.05) is 27.7 Å². The molecule has 0 spiro atoms. The van der Waals surface area contributed by atoms with E-state index in [4.69, 9.17) is 13.8 Å². The van der Waals surface area contributed by atoms with E-state index >= 15 is 0 Å². The first-order chi connectivity index (χ1) is 7.85. The Morgan fingerprint density at radius 3 is 2.00 bits per heavy atom. The van der Waals surface area contributed by atoms with Crippen molar-refractivity contribution in [1.29, 1.82) is 0 Å². The zero-order valence-electron chi connectivity index (χ0n) is 11.5. The van der Waals surface area contributed by atoms with Gasteiger partial charge in [-0.05, 0) is 41.7 Å². The van der Waals surface area contributed by atoms with Crippen LogP contribution in [0, 0.1) is 0 Å². The molecule has 0 rings (SSSR count). The van der Waals surface area contributed by atoms with E-state index in [2.05, 4.69) is 5.09 Å². The molecule has 0 aliphatic rings. The molecule has 0 aliphatic carbocycles. The second-order valence-electron chi connectivity index (χ2n) is 4.01. The van der Waals surface area contributed by atoms with Crippen molar-refractivity contribution < 1.29 is 18.6 Å². The molecule has 5 nitrogen and oxygen atoms in total. The van der Waals surface area contributed by atoms with Crippen molar-refractivity contribution >= 4 is 19.3 Å². The van der Waals surface area contributed by atoms with E-state index in [-0.39, 0.29) is 12.2 Å². The van der Waals surface area contributed by atoms with Gasteiger partial charge >= 0.3 is 5.97 Å². The Kier molecular flexibility index (Phi) is 7.71. The van der Waals surface area contributed by atoms with E-state index in [9.17, 15) is 4.79 Å². The normalized spacial score (nSPS) is 12.0. The van der Waals surface area contributed by atoms with Crippen molar-refractivity contribution in [1.82, 2.24) is 5.09 Å². The number of rotatable bonds is 7. The van der Waals surface area contributed by atoms with E-state index in [1.165, 1.54) is 5.80 Å². The molecule has 17 heavy (non-hydrogen) atoms. The summed E-state index contributed by atoms with van der Waals surface area (Å²) in [5.41, 5.74) is 0. The standard InChI is InChI=1S/C11H24NO4P/c1-7-14-11(13)8-17(12-6,15-9(2)3)16-10(4)5/h8-10,12H,7H2,1-6H3. The number of hydrogen-bond acceptors (Lipinski definition) is 5. The van der Waals surface area contributed by atoms with E-state index in [0.717, 1.165) is 0 Å². The van der Waals surface area contributed by atoms with Gasteiger partial charge in [0.2, 0.25) is 7.49 Å². The van der Waals surface area contributed by atoms with Crippen LogP contribution in [-0.2, 0) is 18.6 Å². The predicted molar refractivity (Wildman–Crippen MR) is 71.1 cm³/mol. The predicted octanol–water partition coefficient (Wildman–Crippen LogP) is 2.18. The molecule has 102 valence electrons. The van der Waals surface area contributed by atoms with Gasteiger partial charge in [-0.2, -0.15) is 0 Å². The SMILES string of the molecule is CCOC(=O)C=P(NC)(OC(C)C)OC(C)C. The third-order valence-corrected chi connectivity index (χ3v) is 4.25. The van der Waals surface area contributed by atoms with Gasteiger partial charge in [0.1, 0.15) is 0 Å². The molecule has 0 saturated carbocycles. The van der Waals surface area contributed by atoms with Crippen LogP contribution in [0.2, 0.25) is 0 Å². The summed E-state index contributed by atoms with van der Waals surface area (Å²) in [7, 11) is -0.808. The Hall–Kier alpha value is -0.350. The molecular weight excluding hydrogens is 241 g/mol. The lowest BCUT2D eigenvalue weighted by Crippen LogP contribution is -2.21. The fourth-order valence-electron chi connectivity index (χ4n) is 1.20. The smallest absolute Gasteiger partial charge is 0.336 e. The zero-order chi connectivity index (χ0) is 13.5. The van der Waals surface area contributed by atoms with Crippen LogP contribution in [0.5, 0.6) is 0 Å². The molecule has 0 atom stereocenters. The number of esters is 1. The number of hydrogen-bond donors (Lipinski definition) is 1. The van der Waals surface area contributed by atoms with Gasteiger partial charge in [-0.15, -0.1) is 0 Å². The maximum Gasteiger partial charge on any atom is 0.336 e. The summed E-state index contributed by atoms with van der Waals surface area (Å²) in [5.74, 6) is 0.965. The zero-order valence-corrected chi connectivity index (χ0v) is 12.4. The van der Waals surface area contributed by atoms with Gasteiger partial charge in [-0.3, -0.25) is 5.09 Å². The molecule has 0 unspecified atom stereocenters. The van der Waals surface area contributed by atoms with Crippen LogP contribution < -0.4 is 5.09 Å². The van der Waals surface area contributed by atoms with E-state index in [0.29, 0.717) is 6.61 Å². The van der Waals surface area contributed by atoms with Crippen molar-refractivity contribution in [3.05, 3.63) is 0 Å². The molecule has 0 fully saturated rings. The molecular formula is C11H24NO4P. The van der Waals surface area contributed by atoms with Crippen molar-refractivity contribution in [2.24, 2.45) is 0 Å². The van der Waals surface area contributed by atoms with Crippen molar-refractivity contribution in [3.8, 4) is 0 Å². The molecule has 0 saturated heterocycles. The van der Waals surface area contributed by atoms with Crippen LogP contribution in [0.4, 0.5) is 0 Å². The monoisotopic (exact) mass is 265 g/mol. The average Bonchev–Trinajstić information content (AvgIpc) is 2.15. The van der Waals surface area contributed by atoms with Crippen molar-refractivity contribution in [3.63, 3.8) is 0 Å². The number of carbonyl (C=O) groups is 1. The molecule has 0 aromatic rings. The Morgan fingerprint density at radius 1 is 1.24 bits per heavy atom. The summed E-state index contributed by atoms with van der Waals surface area (Å²) in [6.07, 6.45) is -0.0829. The molecule has 0 radical (unpaired) electrons. The van der Waals surface area contributed by atoms with E-state index in [1.54, 1.807) is 14.0 Å². The lowest BCUT2D eigenvalue weighted by Gasteiger charge is -2.28. The van der Waals surface area contributed by atoms with Gasteiger partial charge < -0.3 is 13.8 Å². The topological polar surface area (TPSA) is 56.8 Å². The second-order valence-corrected chi connectivity index (χ2v) is 6.33. The summed E-state index contributed by atoms with van der Waals surface area (Å²) < 4.78 is 16.4. The number of ether oxygens (including phenoxy) is 1. The van der Waals surface area contributed by atoms with Crippen LogP contribution in [0.3, 0.4) is 0 Å². The third kappa shape index (κ3) is 6.84. The first kappa shape index (κ1) is 16.6. The Balaban J connectivity index is 5.08. The first-order valence-electron chi connectivity index (χ1n) is 5.82. The quantitative estimate of drug-likeness (QED) is 0.565. The fraction of sp³-hybridized carbons (Fsp3) is 0.818. The maximum atomic E-state index is 11.5. The fourth-order valence-corrected chi connectivity index (χ4v) is 3.32. The molecule has 0 aromatic heterocycles. The van der Waals surface area contributed by atoms with Crippen molar-refractivity contribution in [2.75, 3.05) is 13.7 Å². The summed E-state index contributed by atoms with van der Waals surface area (Å²) >= 11 is 0. The molecule has 0 aromatic carbocycles. The highest BCUT2D eigenvalue weighted by Gasteiger charge is 2.23. The van der Waals surface area contributed by atoms with Crippen molar-refractivity contribution in [2.45, 2.75) is 46.8 Å². The highest BCUT2D eigenvalue weighted by atomic mass is 31.2. The molecule has 1 N–H and O–H groups in total. The summed E-state index contributed by atoms with van der Waals surface area (Å²) in [6.45, 7) is 9.69. The van der Waals surface area contributed by atoms with Gasteiger partial charge in [0.05, 0.1) is 24.6 Å². The number of carbonyl (C=O) groups excluding carboxylic acids is 1. The summed E-state index contributed by atoms with van der Waals surface area (Å²) in [5, 5.41) is 2.98. The Bertz CT molecular complexity index is 275. The van der Waals surface area contributed by atoms with Gasteiger partial charge in [0.25, 0.3) is 0 Å². The Labute approximate surface area is 104 Å². The average molecular weight is 265 g/mol. The highest BCUT2D eigenvalue weighted by molar-refractivity contribution is 7.65. The molecule has 0 heterocycles. The van der Waals surface area contributed by atoms with Crippen LogP contribution in [0.1, 0.15) is 34.6 Å². The van der Waals surface area contributed by atoms with Crippen LogP contribution in [-0.4, -0.2) is 37.6 Å². The minimum atomic E-state index is -2.52. The third-order valence-electron chi connectivity index (χ3n) is 1.61. The lowest BCUT2D eigenvalue weighted by molar-refractivity contribution is -0.134. The van der Waals surface area contributed by atoms with Gasteiger partial charge in [-0.25, -0.2) is 4.79 Å². The Morgan fingerprint density at radius 2 is 1.71 bits per heavy atom. The summed E-state index contributed by atoms with van der Waals surface area (Å²) in [4.78, 5) is 11.5. The molecule has 6 heteroatoms. The largest absolute Gasteiger partial charge is 0.463 e. The molecule has 0 bridgehead atoms.